The van der Waals surface area contributed by atoms with Crippen molar-refractivity contribution in [1.82, 2.24) is 0 Å². The maximum absolute atomic E-state index is 5.52. The van der Waals surface area contributed by atoms with Gasteiger partial charge < -0.3 is 4.43 Å². The van der Waals surface area contributed by atoms with Gasteiger partial charge in [0, 0.05) is 5.41 Å². The highest BCUT2D eigenvalue weighted by Gasteiger charge is 2.16. The Morgan fingerprint density at radius 3 is 2.21 bits per heavy atom. The summed E-state index contributed by atoms with van der Waals surface area (Å²) >= 11 is 0. The summed E-state index contributed by atoms with van der Waals surface area (Å²) in [6.45, 7) is 6.50. The molecule has 1 nitrogen and oxygen atoms in total. The van der Waals surface area contributed by atoms with E-state index in [-0.39, 0.29) is 5.41 Å². The normalized spacial score (nSPS) is 12.9. The van der Waals surface area contributed by atoms with Crippen molar-refractivity contribution in [3.63, 3.8) is 0 Å². The molecule has 0 aliphatic heterocycles. The Kier molecular flexibility index (Phi) is 3.53. The molecule has 1 aromatic rings. The Balaban J connectivity index is 2.96. The molecule has 76 valence electrons. The third-order valence-electron chi connectivity index (χ3n) is 2.06. The van der Waals surface area contributed by atoms with E-state index < -0.39 is 0 Å². The van der Waals surface area contributed by atoms with Gasteiger partial charge in [0.15, 0.2) is 0 Å². The molecule has 0 spiro atoms. The van der Waals surface area contributed by atoms with Crippen LogP contribution in [-0.2, 0) is 4.43 Å². The molecule has 0 N–H and O–H groups in total. The molecule has 0 fully saturated rings. The number of allylic oxidation sites excluding steroid dienone is 1. The van der Waals surface area contributed by atoms with E-state index in [1.165, 1.54) is 5.56 Å². The molecule has 0 amide bonds. The van der Waals surface area contributed by atoms with Crippen LogP contribution in [0.15, 0.2) is 36.1 Å². The first kappa shape index (κ1) is 11.1. The standard InChI is InChI=1S/C12H18OSi/c1-12(2,3)11(13-14)9-10-7-5-4-6-8-10/h4-9H,1-3,14H3. The largest absolute Gasteiger partial charge is 0.556 e. The second-order valence-corrected chi connectivity index (χ2v) is 4.78. The summed E-state index contributed by atoms with van der Waals surface area (Å²) in [5, 5.41) is 0. The van der Waals surface area contributed by atoms with Gasteiger partial charge in [-0.3, -0.25) is 0 Å². The Bertz CT molecular complexity index is 309. The number of hydrogen-bond donors (Lipinski definition) is 0. The summed E-state index contributed by atoms with van der Waals surface area (Å²) in [7, 11) is 0.746. The summed E-state index contributed by atoms with van der Waals surface area (Å²) in [4.78, 5) is 0. The first-order chi connectivity index (χ1) is 6.54. The van der Waals surface area contributed by atoms with Crippen molar-refractivity contribution in [2.45, 2.75) is 20.8 Å². The maximum atomic E-state index is 5.52. The molecular formula is C12H18OSi. The average molecular weight is 206 g/mol. The number of hydrogen-bond acceptors (Lipinski definition) is 1. The van der Waals surface area contributed by atoms with E-state index in [0.717, 1.165) is 16.2 Å². The lowest BCUT2D eigenvalue weighted by Gasteiger charge is -2.22. The monoisotopic (exact) mass is 206 g/mol. The van der Waals surface area contributed by atoms with Gasteiger partial charge in [-0.25, -0.2) is 0 Å². The topological polar surface area (TPSA) is 9.23 Å². The van der Waals surface area contributed by atoms with Gasteiger partial charge in [-0.1, -0.05) is 51.1 Å². The first-order valence-corrected chi connectivity index (χ1v) is 5.67. The van der Waals surface area contributed by atoms with Crippen molar-refractivity contribution < 1.29 is 4.43 Å². The maximum Gasteiger partial charge on any atom is 0.203 e. The molecule has 0 aromatic heterocycles. The molecule has 2 heteroatoms. The molecular weight excluding hydrogens is 188 g/mol. The summed E-state index contributed by atoms with van der Waals surface area (Å²) < 4.78 is 5.52. The van der Waals surface area contributed by atoms with Crippen LogP contribution in [0.5, 0.6) is 0 Å². The van der Waals surface area contributed by atoms with E-state index in [2.05, 4.69) is 39.0 Å². The Morgan fingerprint density at radius 1 is 1.21 bits per heavy atom. The van der Waals surface area contributed by atoms with Crippen LogP contribution in [0.3, 0.4) is 0 Å². The quantitative estimate of drug-likeness (QED) is 0.533. The lowest BCUT2D eigenvalue weighted by atomic mass is 9.92. The Hall–Kier alpha value is -1.02. The minimum absolute atomic E-state index is 0.0948. The van der Waals surface area contributed by atoms with Crippen LogP contribution < -0.4 is 0 Å². The first-order valence-electron chi connectivity index (χ1n) is 4.85. The number of benzene rings is 1. The van der Waals surface area contributed by atoms with E-state index in [1.54, 1.807) is 0 Å². The van der Waals surface area contributed by atoms with Crippen molar-refractivity contribution in [2.75, 3.05) is 0 Å². The molecule has 14 heavy (non-hydrogen) atoms. The molecule has 1 aromatic carbocycles. The minimum Gasteiger partial charge on any atom is -0.556 e. The fourth-order valence-corrected chi connectivity index (χ4v) is 2.01. The molecule has 0 aliphatic carbocycles. The van der Waals surface area contributed by atoms with Gasteiger partial charge in [-0.05, 0) is 11.6 Å². The molecule has 1 rings (SSSR count). The highest BCUT2D eigenvalue weighted by atomic mass is 28.2. The van der Waals surface area contributed by atoms with Crippen molar-refractivity contribution in [3.8, 4) is 0 Å². The fraction of sp³-hybridized carbons (Fsp3) is 0.333. The lowest BCUT2D eigenvalue weighted by molar-refractivity contribution is 0.318. The molecule has 0 saturated carbocycles. The van der Waals surface area contributed by atoms with Gasteiger partial charge in [0.05, 0.1) is 5.76 Å². The van der Waals surface area contributed by atoms with E-state index in [1.807, 2.05) is 18.2 Å². The summed E-state index contributed by atoms with van der Waals surface area (Å²) in [5.74, 6) is 1.07. The van der Waals surface area contributed by atoms with Crippen molar-refractivity contribution in [2.24, 2.45) is 5.41 Å². The molecule has 0 radical (unpaired) electrons. The molecule has 0 atom stereocenters. The van der Waals surface area contributed by atoms with Crippen LogP contribution in [0.4, 0.5) is 0 Å². The molecule has 0 bridgehead atoms. The Labute approximate surface area is 89.3 Å². The second-order valence-electron chi connectivity index (χ2n) is 4.37. The Morgan fingerprint density at radius 2 is 1.79 bits per heavy atom. The molecule has 0 saturated heterocycles. The molecule has 0 aliphatic rings. The van der Waals surface area contributed by atoms with Crippen molar-refractivity contribution in [3.05, 3.63) is 41.7 Å². The van der Waals surface area contributed by atoms with Gasteiger partial charge >= 0.3 is 0 Å². The predicted octanol–water partition coefficient (Wildman–Crippen LogP) is 2.37. The average Bonchev–Trinajstić information content (AvgIpc) is 2.14. The van der Waals surface area contributed by atoms with Gasteiger partial charge in [0.25, 0.3) is 0 Å². The summed E-state index contributed by atoms with van der Waals surface area (Å²) in [6, 6.07) is 10.3. The van der Waals surface area contributed by atoms with Gasteiger partial charge in [-0.2, -0.15) is 0 Å². The smallest absolute Gasteiger partial charge is 0.203 e. The zero-order valence-corrected chi connectivity index (χ0v) is 11.4. The minimum atomic E-state index is 0.0948. The molecule has 0 unspecified atom stereocenters. The van der Waals surface area contributed by atoms with Crippen LogP contribution in [-0.4, -0.2) is 10.5 Å². The zero-order valence-electron chi connectivity index (χ0n) is 9.37. The lowest BCUT2D eigenvalue weighted by Crippen LogP contribution is -2.11. The van der Waals surface area contributed by atoms with Crippen LogP contribution in [0, 0.1) is 5.41 Å². The third kappa shape index (κ3) is 3.03. The van der Waals surface area contributed by atoms with E-state index in [0.29, 0.717) is 0 Å². The van der Waals surface area contributed by atoms with Crippen molar-refractivity contribution >= 4 is 16.6 Å². The highest BCUT2D eigenvalue weighted by molar-refractivity contribution is 5.99. The predicted molar refractivity (Wildman–Crippen MR) is 64.9 cm³/mol. The fourth-order valence-electron chi connectivity index (χ4n) is 1.28. The zero-order chi connectivity index (χ0) is 10.6. The van der Waals surface area contributed by atoms with Gasteiger partial charge in [0.1, 0.15) is 0 Å². The summed E-state index contributed by atoms with van der Waals surface area (Å²) in [5.41, 5.74) is 1.30. The van der Waals surface area contributed by atoms with E-state index in [9.17, 15) is 0 Å². The molecule has 0 heterocycles. The van der Waals surface area contributed by atoms with E-state index >= 15 is 0 Å². The SMILES string of the molecule is CC(C)(C)C(=Cc1ccccc1)O[SiH3]. The number of rotatable bonds is 2. The van der Waals surface area contributed by atoms with Gasteiger partial charge in [0.2, 0.25) is 10.5 Å². The van der Waals surface area contributed by atoms with Crippen LogP contribution in [0.2, 0.25) is 0 Å². The van der Waals surface area contributed by atoms with Crippen LogP contribution in [0.1, 0.15) is 26.3 Å². The van der Waals surface area contributed by atoms with Gasteiger partial charge in [-0.15, -0.1) is 0 Å². The van der Waals surface area contributed by atoms with Crippen LogP contribution in [0.25, 0.3) is 6.08 Å². The van der Waals surface area contributed by atoms with Crippen LogP contribution >= 0.6 is 0 Å². The second kappa shape index (κ2) is 4.47. The summed E-state index contributed by atoms with van der Waals surface area (Å²) in [6.07, 6.45) is 2.12. The highest BCUT2D eigenvalue weighted by Crippen LogP contribution is 2.27. The van der Waals surface area contributed by atoms with Crippen molar-refractivity contribution in [1.29, 1.82) is 0 Å². The van der Waals surface area contributed by atoms with E-state index in [4.69, 9.17) is 4.43 Å². The third-order valence-corrected chi connectivity index (χ3v) is 2.50.